The number of hydrogen-bond donors (Lipinski definition) is 1. The first-order valence-corrected chi connectivity index (χ1v) is 7.41. The Labute approximate surface area is 119 Å². The number of benzene rings is 1. The van der Waals surface area contributed by atoms with Crippen molar-refractivity contribution in [3.8, 4) is 0 Å². The molecule has 0 saturated heterocycles. The zero-order valence-corrected chi connectivity index (χ0v) is 12.7. The fourth-order valence-electron chi connectivity index (χ4n) is 1.75. The van der Waals surface area contributed by atoms with Gasteiger partial charge in [0.2, 0.25) is 0 Å². The van der Waals surface area contributed by atoms with Gasteiger partial charge in [-0.3, -0.25) is 0 Å². The minimum Gasteiger partial charge on any atom is -0.305 e. The highest BCUT2D eigenvalue weighted by Crippen LogP contribution is 2.26. The van der Waals surface area contributed by atoms with Crippen LogP contribution in [0.2, 0.25) is 0 Å². The lowest BCUT2D eigenvalue weighted by atomic mass is 10.1. The van der Waals surface area contributed by atoms with Gasteiger partial charge in [0.15, 0.2) is 0 Å². The molecule has 1 nitrogen and oxygen atoms in total. The van der Waals surface area contributed by atoms with Crippen LogP contribution < -0.4 is 5.32 Å². The van der Waals surface area contributed by atoms with Crippen LogP contribution in [0.1, 0.15) is 28.3 Å². The molecular weight excluding hydrogens is 313 g/mol. The van der Waals surface area contributed by atoms with Crippen molar-refractivity contribution in [2.75, 3.05) is 0 Å². The molecule has 0 saturated carbocycles. The van der Waals surface area contributed by atoms with Crippen molar-refractivity contribution in [2.45, 2.75) is 26.4 Å². The van der Waals surface area contributed by atoms with Crippen LogP contribution in [-0.4, -0.2) is 0 Å². The molecule has 0 fully saturated rings. The molecule has 0 aliphatic heterocycles. The van der Waals surface area contributed by atoms with E-state index in [9.17, 15) is 4.39 Å². The van der Waals surface area contributed by atoms with Crippen molar-refractivity contribution in [2.24, 2.45) is 0 Å². The van der Waals surface area contributed by atoms with E-state index in [-0.39, 0.29) is 11.9 Å². The quantitative estimate of drug-likeness (QED) is 0.849. The third-order valence-electron chi connectivity index (χ3n) is 2.84. The zero-order chi connectivity index (χ0) is 13.1. The van der Waals surface area contributed by atoms with Crippen molar-refractivity contribution >= 4 is 27.3 Å². The Morgan fingerprint density at radius 2 is 2.17 bits per heavy atom. The fourth-order valence-corrected chi connectivity index (χ4v) is 3.31. The largest absolute Gasteiger partial charge is 0.305 e. The maximum Gasteiger partial charge on any atom is 0.123 e. The van der Waals surface area contributed by atoms with E-state index in [1.165, 1.54) is 15.8 Å². The van der Waals surface area contributed by atoms with Crippen molar-refractivity contribution < 1.29 is 4.39 Å². The van der Waals surface area contributed by atoms with E-state index in [0.717, 1.165) is 16.6 Å². The van der Waals surface area contributed by atoms with Gasteiger partial charge < -0.3 is 5.32 Å². The maximum absolute atomic E-state index is 13.1. The number of halogens is 2. The lowest BCUT2D eigenvalue weighted by Gasteiger charge is -2.13. The van der Waals surface area contributed by atoms with E-state index < -0.39 is 0 Å². The van der Waals surface area contributed by atoms with Gasteiger partial charge in [0.1, 0.15) is 5.82 Å². The van der Waals surface area contributed by atoms with Gasteiger partial charge in [-0.15, -0.1) is 11.3 Å². The highest BCUT2D eigenvalue weighted by atomic mass is 79.9. The highest BCUT2D eigenvalue weighted by molar-refractivity contribution is 9.10. The molecule has 96 valence electrons. The molecular formula is C14H15BrFNS. The van der Waals surface area contributed by atoms with Gasteiger partial charge >= 0.3 is 0 Å². The molecule has 1 aromatic heterocycles. The van der Waals surface area contributed by atoms with Crippen molar-refractivity contribution in [3.05, 3.63) is 55.9 Å². The van der Waals surface area contributed by atoms with Crippen molar-refractivity contribution in [3.63, 3.8) is 0 Å². The molecule has 2 aromatic rings. The molecule has 0 spiro atoms. The SMILES string of the molecule is Cc1sc(CN[C@H](C)c2cccc(F)c2)cc1Br. The number of thiophene rings is 1. The third kappa shape index (κ3) is 3.40. The Morgan fingerprint density at radius 1 is 1.39 bits per heavy atom. The normalized spacial score (nSPS) is 12.7. The van der Waals surface area contributed by atoms with Crippen LogP contribution in [0.3, 0.4) is 0 Å². The first kappa shape index (κ1) is 13.7. The summed E-state index contributed by atoms with van der Waals surface area (Å²) < 4.78 is 14.3. The Balaban J connectivity index is 1.98. The summed E-state index contributed by atoms with van der Waals surface area (Å²) in [5.74, 6) is -0.184. The van der Waals surface area contributed by atoms with E-state index in [4.69, 9.17) is 0 Å². The fraction of sp³-hybridized carbons (Fsp3) is 0.286. The predicted molar refractivity (Wildman–Crippen MR) is 78.4 cm³/mol. The second-order valence-electron chi connectivity index (χ2n) is 4.27. The standard InChI is InChI=1S/C14H15BrFNS/c1-9(11-4-3-5-12(16)6-11)17-8-13-7-14(15)10(2)18-13/h3-7,9,17H,8H2,1-2H3/t9-/m1/s1. The molecule has 1 heterocycles. The summed E-state index contributed by atoms with van der Waals surface area (Å²) >= 11 is 5.28. The summed E-state index contributed by atoms with van der Waals surface area (Å²) in [5, 5.41) is 3.41. The summed E-state index contributed by atoms with van der Waals surface area (Å²) in [6.45, 7) is 4.94. The van der Waals surface area contributed by atoms with E-state index in [1.54, 1.807) is 23.5 Å². The third-order valence-corrected chi connectivity index (χ3v) is 4.98. The summed E-state index contributed by atoms with van der Waals surface area (Å²) in [6, 6.07) is 9.00. The van der Waals surface area contributed by atoms with Crippen LogP contribution in [0.4, 0.5) is 4.39 Å². The summed E-state index contributed by atoms with van der Waals surface area (Å²) in [6.07, 6.45) is 0. The van der Waals surface area contributed by atoms with E-state index in [1.807, 2.05) is 13.0 Å². The van der Waals surface area contributed by atoms with Gasteiger partial charge in [0, 0.05) is 26.8 Å². The topological polar surface area (TPSA) is 12.0 Å². The summed E-state index contributed by atoms with van der Waals surface area (Å²) in [4.78, 5) is 2.56. The average molecular weight is 328 g/mol. The predicted octanol–water partition coefficient (Wildman–Crippen LogP) is 4.81. The molecule has 0 bridgehead atoms. The number of hydrogen-bond acceptors (Lipinski definition) is 2. The van der Waals surface area contributed by atoms with Crippen LogP contribution in [-0.2, 0) is 6.54 Å². The van der Waals surface area contributed by atoms with Crippen molar-refractivity contribution in [1.29, 1.82) is 0 Å². The van der Waals surface area contributed by atoms with Gasteiger partial charge in [-0.05, 0) is 53.5 Å². The van der Waals surface area contributed by atoms with E-state index in [2.05, 4.69) is 34.2 Å². The van der Waals surface area contributed by atoms with Crippen molar-refractivity contribution in [1.82, 2.24) is 5.32 Å². The number of nitrogens with one attached hydrogen (secondary N) is 1. The van der Waals surface area contributed by atoms with E-state index >= 15 is 0 Å². The highest BCUT2D eigenvalue weighted by Gasteiger charge is 2.07. The Hall–Kier alpha value is -0.710. The molecule has 0 amide bonds. The molecule has 0 aliphatic rings. The Morgan fingerprint density at radius 3 is 2.78 bits per heavy atom. The number of aryl methyl sites for hydroxylation is 1. The minimum atomic E-state index is -0.184. The van der Waals surface area contributed by atoms with Gasteiger partial charge in [-0.25, -0.2) is 4.39 Å². The van der Waals surface area contributed by atoms with Gasteiger partial charge in [0.25, 0.3) is 0 Å². The molecule has 1 aromatic carbocycles. The van der Waals surface area contributed by atoms with E-state index in [0.29, 0.717) is 0 Å². The van der Waals surface area contributed by atoms with Gasteiger partial charge in [-0.1, -0.05) is 12.1 Å². The van der Waals surface area contributed by atoms with Crippen LogP contribution in [0, 0.1) is 12.7 Å². The lowest BCUT2D eigenvalue weighted by molar-refractivity contribution is 0.568. The molecule has 0 radical (unpaired) electrons. The van der Waals surface area contributed by atoms with Crippen LogP contribution in [0.15, 0.2) is 34.8 Å². The zero-order valence-electron chi connectivity index (χ0n) is 10.3. The van der Waals surface area contributed by atoms with Crippen LogP contribution in [0.25, 0.3) is 0 Å². The Kier molecular flexibility index (Phi) is 4.54. The first-order valence-electron chi connectivity index (χ1n) is 5.80. The van der Waals surface area contributed by atoms with Crippen LogP contribution >= 0.6 is 27.3 Å². The minimum absolute atomic E-state index is 0.141. The molecule has 0 aliphatic carbocycles. The smallest absolute Gasteiger partial charge is 0.123 e. The molecule has 2 rings (SSSR count). The second kappa shape index (κ2) is 5.95. The van der Waals surface area contributed by atoms with Gasteiger partial charge in [-0.2, -0.15) is 0 Å². The van der Waals surface area contributed by atoms with Gasteiger partial charge in [0.05, 0.1) is 0 Å². The molecule has 1 N–H and O–H groups in total. The molecule has 0 unspecified atom stereocenters. The second-order valence-corrected chi connectivity index (χ2v) is 6.47. The summed E-state index contributed by atoms with van der Waals surface area (Å²) in [5.41, 5.74) is 0.974. The monoisotopic (exact) mass is 327 g/mol. The molecule has 18 heavy (non-hydrogen) atoms. The first-order chi connectivity index (χ1) is 8.56. The average Bonchev–Trinajstić information content (AvgIpc) is 2.66. The Bertz CT molecular complexity index is 519. The lowest BCUT2D eigenvalue weighted by Crippen LogP contribution is -2.17. The molecule has 4 heteroatoms. The van der Waals surface area contributed by atoms with Crippen LogP contribution in [0.5, 0.6) is 0 Å². The molecule has 1 atom stereocenters. The summed E-state index contributed by atoms with van der Waals surface area (Å²) in [7, 11) is 0. The maximum atomic E-state index is 13.1. The number of rotatable bonds is 4.